The first kappa shape index (κ1) is 21.3. The summed E-state index contributed by atoms with van der Waals surface area (Å²) < 4.78 is 0. The third-order valence-corrected chi connectivity index (χ3v) is 8.28. The summed E-state index contributed by atoms with van der Waals surface area (Å²) in [7, 11) is 0. The summed E-state index contributed by atoms with van der Waals surface area (Å²) >= 11 is 5.74. The van der Waals surface area contributed by atoms with Crippen molar-refractivity contribution >= 4 is 45.9 Å². The fraction of sp³-hybridized carbons (Fsp3) is 0.480. The second kappa shape index (κ2) is 8.20. The average molecular weight is 475 g/mol. The van der Waals surface area contributed by atoms with Gasteiger partial charge in [0.2, 0.25) is 0 Å². The number of benzene rings is 1. The van der Waals surface area contributed by atoms with Gasteiger partial charge in [-0.3, -0.25) is 9.78 Å². The van der Waals surface area contributed by atoms with E-state index in [1.807, 2.05) is 0 Å². The molecule has 1 aromatic heterocycles. The highest BCUT2D eigenvalue weighted by molar-refractivity contribution is 7.80. The third-order valence-electron chi connectivity index (χ3n) is 7.90. The minimum absolute atomic E-state index is 0.0337. The van der Waals surface area contributed by atoms with Crippen LogP contribution in [0.3, 0.4) is 0 Å². The predicted octanol–water partition coefficient (Wildman–Crippen LogP) is 3.15. The average Bonchev–Trinajstić information content (AvgIpc) is 3.54. The number of likely N-dealkylation sites (tertiary alicyclic amines) is 1. The van der Waals surface area contributed by atoms with Crippen LogP contribution >= 0.6 is 12.2 Å². The van der Waals surface area contributed by atoms with Gasteiger partial charge in [0.05, 0.1) is 28.9 Å². The summed E-state index contributed by atoms with van der Waals surface area (Å²) in [6.45, 7) is 1.53. The molecule has 6 rings (SSSR count). The normalized spacial score (nSPS) is 26.3. The van der Waals surface area contributed by atoms with Gasteiger partial charge in [-0.15, -0.1) is 0 Å². The number of nitriles is 1. The number of hydrogen-bond donors (Lipinski definition) is 1. The molecular weight excluding hydrogens is 448 g/mol. The Balaban J connectivity index is 1.24. The second-order valence-electron chi connectivity index (χ2n) is 9.75. The Labute approximate surface area is 203 Å². The predicted molar refractivity (Wildman–Crippen MR) is 131 cm³/mol. The number of carbonyl (C=O) groups excluding carboxylic acids is 2. The van der Waals surface area contributed by atoms with Crippen molar-refractivity contribution in [3.63, 3.8) is 0 Å². The van der Waals surface area contributed by atoms with E-state index in [1.54, 1.807) is 35.4 Å². The van der Waals surface area contributed by atoms with E-state index in [0.29, 0.717) is 39.7 Å². The number of rotatable bonds is 3. The van der Waals surface area contributed by atoms with E-state index in [-0.39, 0.29) is 24.0 Å². The first-order valence-corrected chi connectivity index (χ1v) is 12.5. The molecular formula is C25H26N6O2S. The Morgan fingerprint density at radius 1 is 1.21 bits per heavy atom. The van der Waals surface area contributed by atoms with Crippen LogP contribution in [0.25, 0.3) is 10.9 Å². The molecule has 4 aliphatic rings. The molecule has 1 saturated carbocycles. The molecule has 2 aromatic rings. The Kier molecular flexibility index (Phi) is 5.14. The van der Waals surface area contributed by atoms with E-state index in [4.69, 9.17) is 12.2 Å². The summed E-state index contributed by atoms with van der Waals surface area (Å²) in [5.41, 5.74) is 1.39. The van der Waals surface area contributed by atoms with Gasteiger partial charge in [-0.2, -0.15) is 5.26 Å². The molecule has 0 spiro atoms. The lowest BCUT2D eigenvalue weighted by atomic mass is 9.89. The van der Waals surface area contributed by atoms with Gasteiger partial charge in [-0.05, 0) is 61.7 Å². The van der Waals surface area contributed by atoms with Gasteiger partial charge in [0.25, 0.3) is 5.91 Å². The van der Waals surface area contributed by atoms with Crippen LogP contribution in [0.4, 0.5) is 10.5 Å². The molecule has 1 N–H and O–H groups in total. The van der Waals surface area contributed by atoms with Crippen LogP contribution in [-0.2, 0) is 4.79 Å². The largest absolute Gasteiger partial charge is 0.362 e. The maximum Gasteiger partial charge on any atom is 0.332 e. The minimum atomic E-state index is -0.539. The highest BCUT2D eigenvalue weighted by Crippen LogP contribution is 2.43. The molecule has 8 nitrogen and oxygen atoms in total. The fourth-order valence-corrected chi connectivity index (χ4v) is 6.57. The van der Waals surface area contributed by atoms with Crippen LogP contribution in [0.5, 0.6) is 0 Å². The number of nitrogens with one attached hydrogen (secondary N) is 1. The van der Waals surface area contributed by atoms with Gasteiger partial charge in [-0.25, -0.2) is 9.69 Å². The molecule has 3 saturated heterocycles. The van der Waals surface area contributed by atoms with Crippen molar-refractivity contribution in [1.82, 2.24) is 20.1 Å². The smallest absolute Gasteiger partial charge is 0.332 e. The number of imide groups is 1. The summed E-state index contributed by atoms with van der Waals surface area (Å²) in [5.74, 6) is 0.429. The first-order chi connectivity index (χ1) is 16.6. The monoisotopic (exact) mass is 474 g/mol. The maximum atomic E-state index is 13.6. The lowest BCUT2D eigenvalue weighted by Gasteiger charge is -2.37. The van der Waals surface area contributed by atoms with E-state index in [1.165, 1.54) is 37.0 Å². The van der Waals surface area contributed by atoms with Gasteiger partial charge in [0, 0.05) is 24.7 Å². The zero-order valence-electron chi connectivity index (χ0n) is 18.8. The molecule has 3 aliphatic heterocycles. The number of thiocarbonyl (C=S) groups is 1. The standard InChI is InChI=1S/C25H26N6O2S/c26-12-16-8-9-19(18-7-4-10-27-21(16)18)31-23(32)22-20-11-17(30(22)25(31)33)14-29(20)24(34)28-13-15-5-2-1-3-6-15/h4,7-10,15,17,20,22H,1-3,5-6,11,13-14H2,(H,28,34)/t17-,20?,22?/m1/s1. The van der Waals surface area contributed by atoms with E-state index < -0.39 is 6.04 Å². The molecule has 4 heterocycles. The molecule has 174 valence electrons. The molecule has 1 aromatic carbocycles. The zero-order valence-corrected chi connectivity index (χ0v) is 19.6. The van der Waals surface area contributed by atoms with Gasteiger partial charge in [0.15, 0.2) is 5.11 Å². The number of amides is 3. The van der Waals surface area contributed by atoms with Gasteiger partial charge in [0.1, 0.15) is 12.1 Å². The van der Waals surface area contributed by atoms with Crippen molar-refractivity contribution in [1.29, 1.82) is 5.26 Å². The van der Waals surface area contributed by atoms with Gasteiger partial charge in [-0.1, -0.05) is 19.3 Å². The SMILES string of the molecule is N#Cc1ccc(N2C(=O)C3C4C[C@H](CN4C(=S)NCC4CCCCC4)N3C2=O)c2cccnc12. The highest BCUT2D eigenvalue weighted by atomic mass is 32.1. The summed E-state index contributed by atoms with van der Waals surface area (Å²) in [6, 6.07) is 8.01. The van der Waals surface area contributed by atoms with Crippen molar-refractivity contribution in [3.8, 4) is 6.07 Å². The first-order valence-electron chi connectivity index (χ1n) is 12.1. The van der Waals surface area contributed by atoms with E-state index in [2.05, 4.69) is 21.3 Å². The Bertz CT molecular complexity index is 1240. The number of piperazine rings is 1. The number of hydrogen-bond acceptors (Lipinski definition) is 5. The quantitative estimate of drug-likeness (QED) is 0.540. The molecule has 9 heteroatoms. The van der Waals surface area contributed by atoms with Crippen LogP contribution in [0.2, 0.25) is 0 Å². The number of carbonyl (C=O) groups is 2. The Morgan fingerprint density at radius 3 is 2.82 bits per heavy atom. The Morgan fingerprint density at radius 2 is 2.03 bits per heavy atom. The number of aromatic nitrogens is 1. The molecule has 3 amide bonds. The van der Waals surface area contributed by atoms with Gasteiger partial charge >= 0.3 is 6.03 Å². The number of fused-ring (bicyclic) bond motifs is 6. The third kappa shape index (κ3) is 3.16. The molecule has 1 aliphatic carbocycles. The van der Waals surface area contributed by atoms with Crippen molar-refractivity contribution in [2.24, 2.45) is 5.92 Å². The van der Waals surface area contributed by atoms with Crippen LogP contribution in [-0.4, -0.2) is 63.0 Å². The molecule has 2 bridgehead atoms. The minimum Gasteiger partial charge on any atom is -0.362 e. The fourth-order valence-electron chi connectivity index (χ4n) is 6.28. The number of nitrogens with zero attached hydrogens (tertiary/aromatic N) is 5. The summed E-state index contributed by atoms with van der Waals surface area (Å²) in [4.78, 5) is 36.6. The molecule has 0 radical (unpaired) electrons. The maximum absolute atomic E-state index is 13.6. The number of anilines is 1. The van der Waals surface area contributed by atoms with E-state index in [0.717, 1.165) is 13.0 Å². The summed E-state index contributed by atoms with van der Waals surface area (Å²) in [6.07, 6.45) is 8.76. The molecule has 2 unspecified atom stereocenters. The van der Waals surface area contributed by atoms with Gasteiger partial charge < -0.3 is 15.1 Å². The van der Waals surface area contributed by atoms with Crippen LogP contribution in [0.15, 0.2) is 30.5 Å². The topological polar surface area (TPSA) is 92.6 Å². The summed E-state index contributed by atoms with van der Waals surface area (Å²) in [5, 5.41) is 14.2. The number of urea groups is 1. The lowest BCUT2D eigenvalue weighted by Crippen LogP contribution is -2.57. The second-order valence-corrected chi connectivity index (χ2v) is 10.1. The highest BCUT2D eigenvalue weighted by Gasteiger charge is 2.62. The van der Waals surface area contributed by atoms with Crippen molar-refractivity contribution in [2.75, 3.05) is 18.0 Å². The zero-order chi connectivity index (χ0) is 23.4. The van der Waals surface area contributed by atoms with Crippen molar-refractivity contribution in [3.05, 3.63) is 36.0 Å². The van der Waals surface area contributed by atoms with Crippen molar-refractivity contribution in [2.45, 2.75) is 56.7 Å². The molecule has 34 heavy (non-hydrogen) atoms. The Hall–Kier alpha value is -3.25. The van der Waals surface area contributed by atoms with Crippen LogP contribution in [0, 0.1) is 17.2 Å². The lowest BCUT2D eigenvalue weighted by molar-refractivity contribution is -0.120. The number of pyridine rings is 1. The van der Waals surface area contributed by atoms with Crippen molar-refractivity contribution < 1.29 is 9.59 Å². The molecule has 3 atom stereocenters. The van der Waals surface area contributed by atoms with E-state index in [9.17, 15) is 14.9 Å². The van der Waals surface area contributed by atoms with Crippen LogP contribution < -0.4 is 10.2 Å². The van der Waals surface area contributed by atoms with Crippen LogP contribution in [0.1, 0.15) is 44.1 Å². The molecule has 4 fully saturated rings. The van der Waals surface area contributed by atoms with E-state index >= 15 is 0 Å².